The molecule has 0 fully saturated rings. The number of nitrogens with zero attached hydrogens (tertiary/aromatic N) is 3. The average molecular weight is 310 g/mol. The minimum Gasteiger partial charge on any atom is -0.334 e. The van der Waals surface area contributed by atoms with Crippen molar-refractivity contribution in [2.45, 2.75) is 13.8 Å². The summed E-state index contributed by atoms with van der Waals surface area (Å²) in [5.41, 5.74) is 1.84. The molecule has 1 N–H and O–H groups in total. The van der Waals surface area contributed by atoms with E-state index in [1.807, 2.05) is 26.0 Å². The van der Waals surface area contributed by atoms with E-state index in [1.165, 1.54) is 6.20 Å². The minimum atomic E-state index is -0.716. The van der Waals surface area contributed by atoms with E-state index >= 15 is 0 Å². The number of hydrogen-bond acceptors (Lipinski definition) is 5. The van der Waals surface area contributed by atoms with Gasteiger partial charge >= 0.3 is 11.2 Å². The first-order chi connectivity index (χ1) is 11.0. The number of aryl methyl sites for hydroxylation is 2. The first-order valence-corrected chi connectivity index (χ1v) is 6.97. The second-order valence-corrected chi connectivity index (χ2v) is 5.22. The fourth-order valence-electron chi connectivity index (χ4n) is 2.29. The van der Waals surface area contributed by atoms with Crippen molar-refractivity contribution in [3.8, 4) is 0 Å². The Morgan fingerprint density at radius 1 is 1.17 bits per heavy atom. The highest BCUT2D eigenvalue weighted by molar-refractivity contribution is 5.68. The van der Waals surface area contributed by atoms with Gasteiger partial charge in [-0.1, -0.05) is 12.1 Å². The van der Waals surface area contributed by atoms with E-state index in [0.717, 1.165) is 15.5 Å². The van der Waals surface area contributed by atoms with E-state index in [2.05, 4.69) is 10.3 Å². The summed E-state index contributed by atoms with van der Waals surface area (Å²) >= 11 is 0. The molecule has 0 unspecified atom stereocenters. The van der Waals surface area contributed by atoms with Gasteiger partial charge in [0.1, 0.15) is 5.65 Å². The summed E-state index contributed by atoms with van der Waals surface area (Å²) in [6.45, 7) is 3.92. The summed E-state index contributed by atoms with van der Waals surface area (Å²) in [7, 11) is 0. The predicted molar refractivity (Wildman–Crippen MR) is 87.3 cm³/mol. The quantitative estimate of drug-likeness (QED) is 0.593. The largest absolute Gasteiger partial charge is 0.376 e. The summed E-state index contributed by atoms with van der Waals surface area (Å²) in [4.78, 5) is 27.2. The number of anilines is 2. The summed E-state index contributed by atoms with van der Waals surface area (Å²) in [6.07, 6.45) is 1.46. The number of aromatic nitrogens is 2. The van der Waals surface area contributed by atoms with Crippen LogP contribution in [0.15, 0.2) is 47.4 Å². The van der Waals surface area contributed by atoms with Crippen molar-refractivity contribution >= 4 is 22.8 Å². The van der Waals surface area contributed by atoms with Gasteiger partial charge in [0.2, 0.25) is 5.82 Å². The molecular formula is C16H14N4O3. The van der Waals surface area contributed by atoms with Crippen LogP contribution in [-0.4, -0.2) is 14.3 Å². The second kappa shape index (κ2) is 5.53. The number of rotatable bonds is 3. The normalized spacial score (nSPS) is 10.7. The van der Waals surface area contributed by atoms with Crippen molar-refractivity contribution in [3.05, 3.63) is 74.2 Å². The second-order valence-electron chi connectivity index (χ2n) is 5.22. The van der Waals surface area contributed by atoms with Crippen molar-refractivity contribution in [1.29, 1.82) is 0 Å². The number of fused-ring (bicyclic) bond motifs is 1. The molecule has 0 spiro atoms. The van der Waals surface area contributed by atoms with Crippen LogP contribution < -0.4 is 10.9 Å². The van der Waals surface area contributed by atoms with Crippen LogP contribution >= 0.6 is 0 Å². The molecule has 0 saturated carbocycles. The molecule has 0 aliphatic heterocycles. The molecule has 3 rings (SSSR count). The summed E-state index contributed by atoms with van der Waals surface area (Å²) in [5.74, 6) is -0.0607. The van der Waals surface area contributed by atoms with Gasteiger partial charge in [-0.3, -0.25) is 19.3 Å². The van der Waals surface area contributed by atoms with E-state index in [9.17, 15) is 14.9 Å². The average Bonchev–Trinajstić information content (AvgIpc) is 2.51. The Hall–Kier alpha value is -3.22. The van der Waals surface area contributed by atoms with Crippen LogP contribution in [0.4, 0.5) is 17.2 Å². The molecule has 23 heavy (non-hydrogen) atoms. The van der Waals surface area contributed by atoms with Crippen molar-refractivity contribution in [3.63, 3.8) is 0 Å². The first kappa shape index (κ1) is 14.7. The van der Waals surface area contributed by atoms with Gasteiger partial charge in [-0.15, -0.1) is 0 Å². The molecular weight excluding hydrogens is 296 g/mol. The first-order valence-electron chi connectivity index (χ1n) is 6.97. The zero-order valence-corrected chi connectivity index (χ0v) is 12.6. The lowest BCUT2D eigenvalue weighted by atomic mass is 10.1. The Morgan fingerprint density at radius 2 is 1.96 bits per heavy atom. The van der Waals surface area contributed by atoms with Crippen molar-refractivity contribution < 1.29 is 4.92 Å². The molecule has 0 aliphatic rings. The molecule has 0 saturated heterocycles. The van der Waals surface area contributed by atoms with Gasteiger partial charge < -0.3 is 5.32 Å². The Bertz CT molecular complexity index is 979. The molecule has 116 valence electrons. The number of hydrogen-bond donors (Lipinski definition) is 1. The lowest BCUT2D eigenvalue weighted by Gasteiger charge is -2.09. The van der Waals surface area contributed by atoms with Crippen LogP contribution in [0.2, 0.25) is 0 Å². The molecule has 0 radical (unpaired) electrons. The highest BCUT2D eigenvalue weighted by Gasteiger charge is 2.23. The van der Waals surface area contributed by atoms with Crippen LogP contribution in [0.25, 0.3) is 5.65 Å². The molecule has 0 atom stereocenters. The SMILES string of the molecule is Cc1ccc(Nc2nc3ccccn3c(=O)c2[N+](=O)[O-])cc1C. The molecule has 7 nitrogen and oxygen atoms in total. The van der Waals surface area contributed by atoms with E-state index in [1.54, 1.807) is 24.3 Å². The smallest absolute Gasteiger partial charge is 0.334 e. The lowest BCUT2D eigenvalue weighted by molar-refractivity contribution is -0.385. The highest BCUT2D eigenvalue weighted by Crippen LogP contribution is 2.24. The molecule has 0 bridgehead atoms. The number of benzene rings is 1. The summed E-state index contributed by atoms with van der Waals surface area (Å²) in [6, 6.07) is 10.5. The molecule has 3 aromatic rings. The van der Waals surface area contributed by atoms with E-state index < -0.39 is 16.2 Å². The van der Waals surface area contributed by atoms with Crippen molar-refractivity contribution in [2.24, 2.45) is 0 Å². The Labute approximate surface area is 131 Å². The van der Waals surface area contributed by atoms with Crippen LogP contribution in [0.3, 0.4) is 0 Å². The Kier molecular flexibility index (Phi) is 3.53. The number of nitrogens with one attached hydrogen (secondary N) is 1. The zero-order valence-electron chi connectivity index (χ0n) is 12.6. The molecule has 1 aromatic carbocycles. The standard InChI is InChI=1S/C16H14N4O3/c1-10-6-7-12(9-11(10)2)17-15-14(20(22)23)16(21)19-8-4-3-5-13(19)18-15/h3-9,17H,1-2H3. The Morgan fingerprint density at radius 3 is 2.65 bits per heavy atom. The fourth-order valence-corrected chi connectivity index (χ4v) is 2.29. The zero-order chi connectivity index (χ0) is 16.6. The van der Waals surface area contributed by atoms with Gasteiger partial charge in [-0.2, -0.15) is 0 Å². The van der Waals surface area contributed by atoms with Crippen LogP contribution in [0.1, 0.15) is 11.1 Å². The topological polar surface area (TPSA) is 89.5 Å². The van der Waals surface area contributed by atoms with Crippen LogP contribution in [0.5, 0.6) is 0 Å². The van der Waals surface area contributed by atoms with E-state index in [0.29, 0.717) is 11.3 Å². The minimum absolute atomic E-state index is 0.0607. The monoisotopic (exact) mass is 310 g/mol. The van der Waals surface area contributed by atoms with Crippen molar-refractivity contribution in [1.82, 2.24) is 9.38 Å². The maximum Gasteiger partial charge on any atom is 0.376 e. The van der Waals surface area contributed by atoms with Gasteiger partial charge in [0.25, 0.3) is 0 Å². The molecule has 0 aliphatic carbocycles. The number of pyridine rings is 1. The van der Waals surface area contributed by atoms with E-state index in [-0.39, 0.29) is 5.82 Å². The lowest BCUT2D eigenvalue weighted by Crippen LogP contribution is -2.20. The third-order valence-electron chi connectivity index (χ3n) is 3.66. The van der Waals surface area contributed by atoms with Gasteiger partial charge in [-0.05, 0) is 49.2 Å². The summed E-state index contributed by atoms with van der Waals surface area (Å²) in [5, 5.41) is 14.2. The van der Waals surface area contributed by atoms with Crippen LogP contribution in [0, 0.1) is 24.0 Å². The van der Waals surface area contributed by atoms with Gasteiger partial charge in [-0.25, -0.2) is 4.98 Å². The molecule has 0 amide bonds. The van der Waals surface area contributed by atoms with Gasteiger partial charge in [0.05, 0.1) is 4.92 Å². The van der Waals surface area contributed by atoms with Gasteiger partial charge in [0.15, 0.2) is 0 Å². The third-order valence-corrected chi connectivity index (χ3v) is 3.66. The van der Waals surface area contributed by atoms with Crippen LogP contribution in [-0.2, 0) is 0 Å². The maximum absolute atomic E-state index is 12.3. The molecule has 7 heteroatoms. The Balaban J connectivity index is 2.19. The molecule has 2 heterocycles. The maximum atomic E-state index is 12.3. The fraction of sp³-hybridized carbons (Fsp3) is 0.125. The van der Waals surface area contributed by atoms with E-state index in [4.69, 9.17) is 0 Å². The third kappa shape index (κ3) is 2.64. The molecule has 2 aromatic heterocycles. The predicted octanol–water partition coefficient (Wildman–Crippen LogP) is 2.96. The number of nitro groups is 1. The van der Waals surface area contributed by atoms with Gasteiger partial charge in [0, 0.05) is 11.9 Å². The summed E-state index contributed by atoms with van der Waals surface area (Å²) < 4.78 is 1.16. The van der Waals surface area contributed by atoms with Crippen molar-refractivity contribution in [2.75, 3.05) is 5.32 Å². The highest BCUT2D eigenvalue weighted by atomic mass is 16.6.